The van der Waals surface area contributed by atoms with Crippen molar-refractivity contribution in [1.82, 2.24) is 9.88 Å². The van der Waals surface area contributed by atoms with Crippen molar-refractivity contribution in [1.29, 1.82) is 0 Å². The average Bonchev–Trinajstić information content (AvgIpc) is 3.41. The van der Waals surface area contributed by atoms with Gasteiger partial charge >= 0.3 is 0 Å². The number of carbonyl (C=O) groups is 1. The number of likely N-dealkylation sites (tertiary alicyclic amines) is 1. The van der Waals surface area contributed by atoms with Crippen LogP contribution in [0.25, 0.3) is 11.1 Å². The Morgan fingerprint density at radius 1 is 1.17 bits per heavy atom. The minimum absolute atomic E-state index is 0.0422. The molecule has 0 spiro atoms. The smallest absolute Gasteiger partial charge is 0.239 e. The van der Waals surface area contributed by atoms with E-state index in [2.05, 4.69) is 14.8 Å². The molecule has 0 radical (unpaired) electrons. The fraction of sp³-hybridized carbons (Fsp3) is 0.500. The molecule has 2 saturated heterocycles. The van der Waals surface area contributed by atoms with Crippen molar-refractivity contribution in [2.45, 2.75) is 31.4 Å². The summed E-state index contributed by atoms with van der Waals surface area (Å²) >= 11 is 6.71. The summed E-state index contributed by atoms with van der Waals surface area (Å²) in [7, 11) is -1.78. The molecule has 35 heavy (non-hydrogen) atoms. The quantitative estimate of drug-likeness (QED) is 0.622. The van der Waals surface area contributed by atoms with Crippen LogP contribution in [0.4, 0.5) is 17.2 Å². The van der Waals surface area contributed by atoms with E-state index in [-0.39, 0.29) is 17.5 Å². The van der Waals surface area contributed by atoms with Crippen molar-refractivity contribution in [2.75, 3.05) is 54.7 Å². The van der Waals surface area contributed by atoms with Gasteiger partial charge in [0.25, 0.3) is 0 Å². The Morgan fingerprint density at radius 2 is 1.86 bits per heavy atom. The molecule has 3 aliphatic rings. The number of amides is 1. The highest BCUT2D eigenvalue weighted by Crippen LogP contribution is 2.44. The summed E-state index contributed by atoms with van der Waals surface area (Å²) in [6.45, 7) is 3.93. The highest BCUT2D eigenvalue weighted by molar-refractivity contribution is 7.92. The number of piperidine rings is 1. The van der Waals surface area contributed by atoms with Crippen LogP contribution < -0.4 is 20.7 Å². The summed E-state index contributed by atoms with van der Waals surface area (Å²) < 4.78 is 26.0. The molecule has 1 aromatic carbocycles. The number of sulfonamides is 1. The van der Waals surface area contributed by atoms with E-state index in [0.29, 0.717) is 43.2 Å². The maximum absolute atomic E-state index is 12.6. The summed E-state index contributed by atoms with van der Waals surface area (Å²) in [4.78, 5) is 21.4. The summed E-state index contributed by atoms with van der Waals surface area (Å²) in [5.41, 5.74) is 15.2. The van der Waals surface area contributed by atoms with E-state index >= 15 is 0 Å². The molecule has 3 aliphatic heterocycles. The van der Waals surface area contributed by atoms with Crippen molar-refractivity contribution in [2.24, 2.45) is 11.1 Å². The first-order chi connectivity index (χ1) is 16.6. The first kappa shape index (κ1) is 24.1. The number of benzene rings is 1. The summed E-state index contributed by atoms with van der Waals surface area (Å²) in [5.74, 6) is -0.0503. The van der Waals surface area contributed by atoms with Gasteiger partial charge in [-0.1, -0.05) is 17.7 Å². The normalized spacial score (nSPS) is 21.3. The van der Waals surface area contributed by atoms with Crippen molar-refractivity contribution in [3.63, 3.8) is 0 Å². The van der Waals surface area contributed by atoms with Crippen molar-refractivity contribution >= 4 is 44.7 Å². The van der Waals surface area contributed by atoms with Gasteiger partial charge in [-0.05, 0) is 62.0 Å². The monoisotopic (exact) mass is 518 g/mol. The summed E-state index contributed by atoms with van der Waals surface area (Å²) in [6, 6.07) is 5.58. The minimum Gasteiger partial charge on any atom is -0.382 e. The van der Waals surface area contributed by atoms with Crippen LogP contribution in [0.15, 0.2) is 24.4 Å². The molecule has 2 aromatic rings. The summed E-state index contributed by atoms with van der Waals surface area (Å²) in [6.07, 6.45) is 5.27. The fourth-order valence-electron chi connectivity index (χ4n) is 5.64. The molecular formula is C24H31ClN6O3S. The number of halogens is 1. The van der Waals surface area contributed by atoms with Gasteiger partial charge in [-0.15, -0.1) is 0 Å². The number of pyridine rings is 1. The molecule has 0 bridgehead atoms. The minimum atomic E-state index is -3.35. The topological polar surface area (TPSA) is 126 Å². The highest BCUT2D eigenvalue weighted by atomic mass is 35.5. The summed E-state index contributed by atoms with van der Waals surface area (Å²) in [5, 5.41) is 0.360. The lowest BCUT2D eigenvalue weighted by Crippen LogP contribution is -2.52. The van der Waals surface area contributed by atoms with Gasteiger partial charge in [0, 0.05) is 38.4 Å². The van der Waals surface area contributed by atoms with Crippen LogP contribution >= 0.6 is 11.6 Å². The molecule has 4 N–H and O–H groups in total. The third-order valence-corrected chi connectivity index (χ3v) is 9.87. The van der Waals surface area contributed by atoms with Crippen molar-refractivity contribution < 1.29 is 13.2 Å². The standard InChI is InChI=1S/C24H31ClN6O3S/c1-29-19-5-4-16(12-17(19)14-35(29,33)34)18-13-28-22(26)20(25)21(18)31-10-6-24(7-11-31,23(27)32)15-30-8-2-3-9-30/h4-5,12-13H,2-3,6-11,14-15H2,1H3,(H2,26,28)(H2,27,32). The van der Waals surface area contributed by atoms with Crippen LogP contribution in [0, 0.1) is 5.41 Å². The average molecular weight is 519 g/mol. The zero-order valence-electron chi connectivity index (χ0n) is 19.8. The number of anilines is 3. The fourth-order valence-corrected chi connectivity index (χ4v) is 7.21. The predicted molar refractivity (Wildman–Crippen MR) is 139 cm³/mol. The van der Waals surface area contributed by atoms with Gasteiger partial charge < -0.3 is 21.3 Å². The largest absolute Gasteiger partial charge is 0.382 e. The van der Waals surface area contributed by atoms with E-state index < -0.39 is 15.4 Å². The van der Waals surface area contributed by atoms with E-state index in [1.807, 2.05) is 18.2 Å². The number of aromatic nitrogens is 1. The molecule has 5 rings (SSSR count). The number of primary amides is 1. The molecule has 1 amide bonds. The Kier molecular flexibility index (Phi) is 6.09. The van der Waals surface area contributed by atoms with Gasteiger partial charge in [0.15, 0.2) is 0 Å². The number of carbonyl (C=O) groups excluding carboxylic acids is 1. The number of fused-ring (bicyclic) bond motifs is 1. The van der Waals surface area contributed by atoms with E-state index in [1.54, 1.807) is 13.2 Å². The Balaban J connectivity index is 1.46. The van der Waals surface area contributed by atoms with Gasteiger partial charge in [-0.2, -0.15) is 0 Å². The molecule has 9 nitrogen and oxygen atoms in total. The van der Waals surface area contributed by atoms with Crippen LogP contribution in [0.5, 0.6) is 0 Å². The van der Waals surface area contributed by atoms with Crippen LogP contribution in [-0.2, 0) is 20.6 Å². The van der Waals surface area contributed by atoms with Gasteiger partial charge in [-0.25, -0.2) is 13.4 Å². The lowest BCUT2D eigenvalue weighted by Gasteiger charge is -2.43. The maximum Gasteiger partial charge on any atom is 0.239 e. The zero-order valence-corrected chi connectivity index (χ0v) is 21.4. The molecule has 0 atom stereocenters. The first-order valence-electron chi connectivity index (χ1n) is 11.9. The Hall–Kier alpha value is -2.56. The Bertz CT molecular complexity index is 1270. The Labute approximate surface area is 211 Å². The van der Waals surface area contributed by atoms with Crippen LogP contribution in [0.1, 0.15) is 31.2 Å². The van der Waals surface area contributed by atoms with E-state index in [1.165, 1.54) is 4.31 Å². The second kappa shape index (κ2) is 8.83. The molecular weight excluding hydrogens is 488 g/mol. The van der Waals surface area contributed by atoms with Crippen LogP contribution in [-0.4, -0.2) is 64.0 Å². The molecule has 1 aromatic heterocycles. The lowest BCUT2D eigenvalue weighted by molar-refractivity contribution is -0.130. The molecule has 0 unspecified atom stereocenters. The second-order valence-electron chi connectivity index (χ2n) is 9.90. The zero-order chi connectivity index (χ0) is 25.0. The van der Waals surface area contributed by atoms with Crippen LogP contribution in [0.3, 0.4) is 0 Å². The second-order valence-corrected chi connectivity index (χ2v) is 12.3. The number of hydrogen-bond donors (Lipinski definition) is 2. The van der Waals surface area contributed by atoms with Gasteiger partial charge in [0.05, 0.1) is 22.5 Å². The third-order valence-electron chi connectivity index (χ3n) is 7.79. The van der Waals surface area contributed by atoms with Gasteiger partial charge in [-0.3, -0.25) is 9.10 Å². The van der Waals surface area contributed by atoms with Crippen molar-refractivity contribution in [3.8, 4) is 11.1 Å². The molecule has 188 valence electrons. The highest BCUT2D eigenvalue weighted by Gasteiger charge is 2.42. The van der Waals surface area contributed by atoms with Crippen molar-refractivity contribution in [3.05, 3.63) is 35.0 Å². The third kappa shape index (κ3) is 4.21. The number of hydrogen-bond acceptors (Lipinski definition) is 7. The molecule has 11 heteroatoms. The van der Waals surface area contributed by atoms with Gasteiger partial charge in [0.1, 0.15) is 10.8 Å². The SMILES string of the molecule is CN1c2ccc(-c3cnc(N)c(Cl)c3N3CCC(CN4CCCC4)(C(N)=O)CC3)cc2CS1(=O)=O. The van der Waals surface area contributed by atoms with E-state index in [9.17, 15) is 13.2 Å². The lowest BCUT2D eigenvalue weighted by atomic mass is 9.77. The number of nitrogens with zero attached hydrogens (tertiary/aromatic N) is 4. The predicted octanol–water partition coefficient (Wildman–Crippen LogP) is 2.43. The van der Waals surface area contributed by atoms with Gasteiger partial charge in [0.2, 0.25) is 15.9 Å². The molecule has 0 saturated carbocycles. The van der Waals surface area contributed by atoms with E-state index in [4.69, 9.17) is 23.1 Å². The van der Waals surface area contributed by atoms with Crippen LogP contribution in [0.2, 0.25) is 5.02 Å². The maximum atomic E-state index is 12.6. The van der Waals surface area contributed by atoms with E-state index in [0.717, 1.165) is 48.3 Å². The number of rotatable bonds is 5. The first-order valence-corrected chi connectivity index (χ1v) is 13.9. The number of nitrogens with two attached hydrogens (primary N) is 2. The number of nitrogen functional groups attached to an aromatic ring is 1. The Morgan fingerprint density at radius 3 is 2.51 bits per heavy atom. The molecule has 4 heterocycles. The molecule has 0 aliphatic carbocycles. The molecule has 2 fully saturated rings.